The average Bonchev–Trinajstić information content (AvgIpc) is 2.64. The minimum Gasteiger partial charge on any atom is -0.480 e. The number of thioether (sulfide) groups is 1. The van der Waals surface area contributed by atoms with E-state index in [4.69, 9.17) is 14.2 Å². The lowest BCUT2D eigenvalue weighted by Crippen LogP contribution is -2.32. The summed E-state index contributed by atoms with van der Waals surface area (Å²) in [7, 11) is 2.96. The van der Waals surface area contributed by atoms with Gasteiger partial charge >= 0.3 is 12.0 Å². The Bertz CT molecular complexity index is 754. The van der Waals surface area contributed by atoms with Crippen LogP contribution in [0.1, 0.15) is 41.1 Å². The predicted molar refractivity (Wildman–Crippen MR) is 94.3 cm³/mol. The lowest BCUT2D eigenvalue weighted by molar-refractivity contribution is 0.0215. The van der Waals surface area contributed by atoms with Gasteiger partial charge in [0.05, 0.1) is 25.2 Å². The van der Waals surface area contributed by atoms with Crippen LogP contribution in [0.15, 0.2) is 35.2 Å². The molecular weight excluding hydrogens is 340 g/mol. The third kappa shape index (κ3) is 3.56. The number of rotatable bonds is 6. The molecule has 132 valence electrons. The van der Waals surface area contributed by atoms with Crippen molar-refractivity contribution in [2.75, 3.05) is 14.2 Å². The summed E-state index contributed by atoms with van der Waals surface area (Å²) >= 11 is 1.62. The molecule has 0 radical (unpaired) electrons. The van der Waals surface area contributed by atoms with Gasteiger partial charge in [0.1, 0.15) is 11.7 Å². The molecule has 0 fully saturated rings. The molecule has 0 saturated heterocycles. The normalized spacial score (nSPS) is 19.1. The number of carbonyl (C=O) groups is 1. The number of carbonyl (C=O) groups excluding carboxylic acids is 1. The van der Waals surface area contributed by atoms with Gasteiger partial charge < -0.3 is 14.2 Å². The summed E-state index contributed by atoms with van der Waals surface area (Å²) in [5.74, 6) is -0.265. The van der Waals surface area contributed by atoms with E-state index in [0.717, 1.165) is 17.7 Å². The second-order valence-electron chi connectivity index (χ2n) is 5.56. The first-order chi connectivity index (χ1) is 12.2. The second kappa shape index (κ2) is 7.74. The number of esters is 1. The fraction of sp³-hybridized carbons (Fsp3) is 0.389. The van der Waals surface area contributed by atoms with E-state index >= 15 is 0 Å². The molecule has 2 atom stereocenters. The van der Waals surface area contributed by atoms with E-state index in [0.29, 0.717) is 5.69 Å². The summed E-state index contributed by atoms with van der Waals surface area (Å²) in [6, 6.07) is 10.2. The SMILES string of the molecule is CCCC1OC(=O)c2c(OC)nc(OC)nc2C1Sc1ccccc1. The zero-order valence-corrected chi connectivity index (χ0v) is 15.2. The zero-order chi connectivity index (χ0) is 17.8. The molecule has 2 unspecified atom stereocenters. The molecule has 1 aliphatic rings. The highest BCUT2D eigenvalue weighted by Crippen LogP contribution is 2.46. The molecule has 3 rings (SSSR count). The molecule has 0 saturated carbocycles. The van der Waals surface area contributed by atoms with Crippen molar-refractivity contribution in [3.63, 3.8) is 0 Å². The Balaban J connectivity index is 2.09. The zero-order valence-electron chi connectivity index (χ0n) is 14.4. The predicted octanol–water partition coefficient (Wildman–Crippen LogP) is 3.67. The van der Waals surface area contributed by atoms with E-state index in [-0.39, 0.29) is 28.8 Å². The first-order valence-corrected chi connectivity index (χ1v) is 8.98. The Labute approximate surface area is 150 Å². The van der Waals surface area contributed by atoms with Crippen molar-refractivity contribution >= 4 is 17.7 Å². The molecule has 2 aromatic rings. The monoisotopic (exact) mass is 360 g/mol. The Morgan fingerprint density at radius 3 is 2.56 bits per heavy atom. The summed E-state index contributed by atoms with van der Waals surface area (Å²) in [6.45, 7) is 2.06. The van der Waals surface area contributed by atoms with Crippen molar-refractivity contribution in [3.05, 3.63) is 41.6 Å². The molecule has 1 aromatic carbocycles. The van der Waals surface area contributed by atoms with Gasteiger partial charge in [-0.1, -0.05) is 31.5 Å². The van der Waals surface area contributed by atoms with Crippen LogP contribution >= 0.6 is 11.8 Å². The van der Waals surface area contributed by atoms with Crippen molar-refractivity contribution in [1.82, 2.24) is 9.97 Å². The lowest BCUT2D eigenvalue weighted by Gasteiger charge is -2.32. The molecule has 1 aromatic heterocycles. The molecule has 2 heterocycles. The minimum atomic E-state index is -0.446. The quantitative estimate of drug-likeness (QED) is 0.728. The molecular formula is C18H20N2O4S. The van der Waals surface area contributed by atoms with Crippen LogP contribution in [0.5, 0.6) is 11.9 Å². The third-order valence-corrected chi connectivity index (χ3v) is 5.23. The Hall–Kier alpha value is -2.28. The number of aromatic nitrogens is 2. The van der Waals surface area contributed by atoms with Crippen molar-refractivity contribution in [1.29, 1.82) is 0 Å². The molecule has 25 heavy (non-hydrogen) atoms. The van der Waals surface area contributed by atoms with E-state index in [9.17, 15) is 4.79 Å². The minimum absolute atomic E-state index is 0.152. The number of fused-ring (bicyclic) bond motifs is 1. The summed E-state index contributed by atoms with van der Waals surface area (Å²) < 4.78 is 16.2. The number of methoxy groups -OCH3 is 2. The van der Waals surface area contributed by atoms with Crippen molar-refractivity contribution in [3.8, 4) is 11.9 Å². The first-order valence-electron chi connectivity index (χ1n) is 8.10. The summed E-state index contributed by atoms with van der Waals surface area (Å²) in [6.07, 6.45) is 1.39. The number of hydrogen-bond acceptors (Lipinski definition) is 7. The molecule has 0 aliphatic carbocycles. The van der Waals surface area contributed by atoms with Crippen molar-refractivity contribution in [2.45, 2.75) is 36.0 Å². The van der Waals surface area contributed by atoms with Crippen LogP contribution in [-0.2, 0) is 4.74 Å². The van der Waals surface area contributed by atoms with E-state index in [1.807, 2.05) is 30.3 Å². The van der Waals surface area contributed by atoms with Gasteiger partial charge in [-0.3, -0.25) is 0 Å². The van der Waals surface area contributed by atoms with Gasteiger partial charge in [-0.15, -0.1) is 11.8 Å². The van der Waals surface area contributed by atoms with E-state index in [1.54, 1.807) is 11.8 Å². The summed E-state index contributed by atoms with van der Waals surface area (Å²) in [4.78, 5) is 22.2. The molecule has 1 aliphatic heterocycles. The maximum absolute atomic E-state index is 12.5. The van der Waals surface area contributed by atoms with Gasteiger partial charge in [-0.2, -0.15) is 9.97 Å². The van der Waals surface area contributed by atoms with Gasteiger partial charge in [0.2, 0.25) is 5.88 Å². The second-order valence-corrected chi connectivity index (χ2v) is 6.78. The number of benzene rings is 1. The van der Waals surface area contributed by atoms with Crippen LogP contribution in [-0.4, -0.2) is 36.3 Å². The highest BCUT2D eigenvalue weighted by atomic mass is 32.2. The highest BCUT2D eigenvalue weighted by Gasteiger charge is 2.40. The number of ether oxygens (including phenoxy) is 3. The maximum Gasteiger partial charge on any atom is 0.345 e. The van der Waals surface area contributed by atoms with Gasteiger partial charge in [0.15, 0.2) is 0 Å². The van der Waals surface area contributed by atoms with Gasteiger partial charge in [0, 0.05) is 4.90 Å². The fourth-order valence-electron chi connectivity index (χ4n) is 2.78. The summed E-state index contributed by atoms with van der Waals surface area (Å²) in [5, 5.41) is -0.152. The fourth-order valence-corrected chi connectivity index (χ4v) is 4.01. The molecule has 6 nitrogen and oxygen atoms in total. The Kier molecular flexibility index (Phi) is 5.43. The molecule has 0 spiro atoms. The number of nitrogens with zero attached hydrogens (tertiary/aromatic N) is 2. The molecule has 0 N–H and O–H groups in total. The van der Waals surface area contributed by atoms with E-state index in [1.165, 1.54) is 14.2 Å². The van der Waals surface area contributed by atoms with E-state index in [2.05, 4.69) is 16.9 Å². The number of hydrogen-bond donors (Lipinski definition) is 0. The maximum atomic E-state index is 12.5. The largest absolute Gasteiger partial charge is 0.480 e. The van der Waals surface area contributed by atoms with Gasteiger partial charge in [-0.25, -0.2) is 4.79 Å². The topological polar surface area (TPSA) is 70.5 Å². The first kappa shape index (κ1) is 17.5. The van der Waals surface area contributed by atoms with Crippen LogP contribution in [0.4, 0.5) is 0 Å². The molecule has 0 amide bonds. The van der Waals surface area contributed by atoms with Crippen LogP contribution in [0.3, 0.4) is 0 Å². The van der Waals surface area contributed by atoms with E-state index < -0.39 is 5.97 Å². The van der Waals surface area contributed by atoms with Gasteiger partial charge in [0.25, 0.3) is 0 Å². The number of cyclic esters (lactones) is 1. The molecule has 0 bridgehead atoms. The standard InChI is InChI=1S/C18H20N2O4S/c1-4-8-12-15(25-11-9-6-5-7-10-11)14-13(17(21)24-12)16(22-2)20-18(19-14)23-3/h5-7,9-10,12,15H,4,8H2,1-3H3. The average molecular weight is 360 g/mol. The smallest absolute Gasteiger partial charge is 0.345 e. The highest BCUT2D eigenvalue weighted by molar-refractivity contribution is 7.99. The van der Waals surface area contributed by atoms with Crippen LogP contribution < -0.4 is 9.47 Å². The Morgan fingerprint density at radius 2 is 1.92 bits per heavy atom. The summed E-state index contributed by atoms with van der Waals surface area (Å²) in [5.41, 5.74) is 0.885. The lowest BCUT2D eigenvalue weighted by atomic mass is 10.0. The van der Waals surface area contributed by atoms with Gasteiger partial charge in [-0.05, 0) is 18.6 Å². The van der Waals surface area contributed by atoms with Crippen molar-refractivity contribution < 1.29 is 19.0 Å². The van der Waals surface area contributed by atoms with Crippen molar-refractivity contribution in [2.24, 2.45) is 0 Å². The van der Waals surface area contributed by atoms with Crippen LogP contribution in [0.2, 0.25) is 0 Å². The molecule has 7 heteroatoms. The van der Waals surface area contributed by atoms with Crippen LogP contribution in [0, 0.1) is 0 Å². The Morgan fingerprint density at radius 1 is 1.16 bits per heavy atom. The van der Waals surface area contributed by atoms with Crippen LogP contribution in [0.25, 0.3) is 0 Å². The third-order valence-electron chi connectivity index (χ3n) is 3.91.